The first-order chi connectivity index (χ1) is 7.56. The van der Waals surface area contributed by atoms with E-state index in [1.165, 1.54) is 18.4 Å². The van der Waals surface area contributed by atoms with Gasteiger partial charge in [-0.15, -0.1) is 0 Å². The molecule has 0 aromatic heterocycles. The van der Waals surface area contributed by atoms with Crippen LogP contribution < -0.4 is 10.6 Å². The second-order valence-electron chi connectivity index (χ2n) is 4.16. The molecule has 0 fully saturated rings. The van der Waals surface area contributed by atoms with Gasteiger partial charge in [-0.05, 0) is 25.5 Å². The molecule has 16 heavy (non-hydrogen) atoms. The van der Waals surface area contributed by atoms with Crippen LogP contribution in [0.3, 0.4) is 0 Å². The molecule has 0 radical (unpaired) electrons. The minimum Gasteiger partial charge on any atom is -0.389 e. The van der Waals surface area contributed by atoms with Crippen LogP contribution in [0.2, 0.25) is 0 Å². The van der Waals surface area contributed by atoms with Crippen molar-refractivity contribution >= 4 is 22.9 Å². The number of rotatable bonds is 5. The monoisotopic (exact) mass is 236 g/mol. The first kappa shape index (κ1) is 13.0. The number of thiocarbonyl (C=S) groups is 1. The minimum absolute atomic E-state index is 0.474. The number of hydrogen-bond acceptors (Lipinski definition) is 2. The summed E-state index contributed by atoms with van der Waals surface area (Å²) in [6, 6.07) is 6.25. The third kappa shape index (κ3) is 3.20. The molecule has 0 spiro atoms. The molecule has 0 amide bonds. The van der Waals surface area contributed by atoms with Crippen LogP contribution in [0.5, 0.6) is 0 Å². The lowest BCUT2D eigenvalue weighted by molar-refractivity contribution is 0.766. The van der Waals surface area contributed by atoms with E-state index in [0.717, 1.165) is 17.8 Å². The molecule has 1 aromatic carbocycles. The summed E-state index contributed by atoms with van der Waals surface area (Å²) in [6.07, 6.45) is 2.37. The average Bonchev–Trinajstić information content (AvgIpc) is 2.25. The molecule has 0 saturated carbocycles. The first-order valence-corrected chi connectivity index (χ1v) is 6.08. The molecule has 0 aliphatic heterocycles. The molecule has 0 saturated heterocycles. The third-order valence-electron chi connectivity index (χ3n) is 2.68. The Labute approximate surface area is 103 Å². The molecule has 0 aliphatic rings. The van der Waals surface area contributed by atoms with Crippen LogP contribution >= 0.6 is 12.2 Å². The van der Waals surface area contributed by atoms with E-state index in [0.29, 0.717) is 4.99 Å². The summed E-state index contributed by atoms with van der Waals surface area (Å²) in [4.78, 5) is 2.69. The summed E-state index contributed by atoms with van der Waals surface area (Å²) < 4.78 is 0. The summed E-state index contributed by atoms with van der Waals surface area (Å²) in [5.41, 5.74) is 9.06. The summed E-state index contributed by atoms with van der Waals surface area (Å²) in [5, 5.41) is 0. The Kier molecular flexibility index (Phi) is 4.74. The average molecular weight is 236 g/mol. The number of nitrogens with two attached hydrogens (primary N) is 1. The van der Waals surface area contributed by atoms with Gasteiger partial charge < -0.3 is 10.6 Å². The number of hydrogen-bond donors (Lipinski definition) is 1. The Morgan fingerprint density at radius 1 is 1.44 bits per heavy atom. The van der Waals surface area contributed by atoms with Crippen molar-refractivity contribution in [2.75, 3.05) is 18.5 Å². The highest BCUT2D eigenvalue weighted by Gasteiger charge is 2.09. The fourth-order valence-corrected chi connectivity index (χ4v) is 1.86. The number of unbranched alkanes of at least 4 members (excludes halogenated alkanes) is 1. The maximum Gasteiger partial charge on any atom is 0.106 e. The van der Waals surface area contributed by atoms with E-state index in [1.807, 2.05) is 0 Å². The van der Waals surface area contributed by atoms with Crippen LogP contribution in [0, 0.1) is 6.92 Å². The molecule has 0 heterocycles. The van der Waals surface area contributed by atoms with E-state index in [9.17, 15) is 0 Å². The van der Waals surface area contributed by atoms with Gasteiger partial charge in [-0.1, -0.05) is 37.2 Å². The lowest BCUT2D eigenvalue weighted by Crippen LogP contribution is -2.23. The molecule has 2 nitrogen and oxygen atoms in total. The summed E-state index contributed by atoms with van der Waals surface area (Å²) >= 11 is 5.09. The molecule has 1 rings (SSSR count). The van der Waals surface area contributed by atoms with Crippen molar-refractivity contribution in [2.24, 2.45) is 5.73 Å². The fourth-order valence-electron chi connectivity index (χ4n) is 1.70. The van der Waals surface area contributed by atoms with Crippen molar-refractivity contribution in [3.05, 3.63) is 29.3 Å². The number of nitrogens with zero attached hydrogens (tertiary/aromatic N) is 1. The second kappa shape index (κ2) is 5.85. The van der Waals surface area contributed by atoms with Gasteiger partial charge in [-0.3, -0.25) is 0 Å². The molecule has 0 atom stereocenters. The van der Waals surface area contributed by atoms with Crippen molar-refractivity contribution in [1.29, 1.82) is 0 Å². The summed E-state index contributed by atoms with van der Waals surface area (Å²) in [5.74, 6) is 0. The van der Waals surface area contributed by atoms with Gasteiger partial charge in [0, 0.05) is 24.8 Å². The molecule has 2 N–H and O–H groups in total. The topological polar surface area (TPSA) is 29.3 Å². The van der Waals surface area contributed by atoms with Gasteiger partial charge in [0.05, 0.1) is 0 Å². The molecule has 0 unspecified atom stereocenters. The predicted octanol–water partition coefficient (Wildman–Crippen LogP) is 2.87. The van der Waals surface area contributed by atoms with E-state index in [4.69, 9.17) is 18.0 Å². The second-order valence-corrected chi connectivity index (χ2v) is 4.60. The Balaban J connectivity index is 2.98. The zero-order valence-electron chi connectivity index (χ0n) is 10.3. The standard InChI is InChI=1S/C13H20N2S/c1-4-5-8-15(3)12-7-6-10(2)9-11(12)13(14)16/h6-7,9H,4-5,8H2,1-3H3,(H2,14,16). The van der Waals surface area contributed by atoms with Crippen LogP contribution in [0.15, 0.2) is 18.2 Å². The highest BCUT2D eigenvalue weighted by atomic mass is 32.1. The summed E-state index contributed by atoms with van der Waals surface area (Å²) in [7, 11) is 2.09. The van der Waals surface area contributed by atoms with Crippen LogP contribution in [0.25, 0.3) is 0 Å². The number of aryl methyl sites for hydroxylation is 1. The van der Waals surface area contributed by atoms with Crippen molar-refractivity contribution in [1.82, 2.24) is 0 Å². The predicted molar refractivity (Wildman–Crippen MR) is 75.2 cm³/mol. The van der Waals surface area contributed by atoms with Crippen molar-refractivity contribution in [2.45, 2.75) is 26.7 Å². The highest BCUT2D eigenvalue weighted by Crippen LogP contribution is 2.21. The zero-order chi connectivity index (χ0) is 12.1. The smallest absolute Gasteiger partial charge is 0.106 e. The highest BCUT2D eigenvalue weighted by molar-refractivity contribution is 7.80. The Bertz CT molecular complexity index is 374. The lowest BCUT2D eigenvalue weighted by atomic mass is 10.1. The van der Waals surface area contributed by atoms with E-state index in [2.05, 4.69) is 44.0 Å². The molecule has 1 aromatic rings. The molecular weight excluding hydrogens is 216 g/mol. The van der Waals surface area contributed by atoms with Gasteiger partial charge in [0.15, 0.2) is 0 Å². The van der Waals surface area contributed by atoms with Crippen LogP contribution in [-0.4, -0.2) is 18.6 Å². The molecule has 0 bridgehead atoms. The lowest BCUT2D eigenvalue weighted by Gasteiger charge is -2.22. The van der Waals surface area contributed by atoms with Gasteiger partial charge in [0.2, 0.25) is 0 Å². The Hall–Kier alpha value is -1.09. The maximum atomic E-state index is 5.75. The van der Waals surface area contributed by atoms with Crippen molar-refractivity contribution in [3.63, 3.8) is 0 Å². The van der Waals surface area contributed by atoms with Gasteiger partial charge in [0.25, 0.3) is 0 Å². The zero-order valence-corrected chi connectivity index (χ0v) is 11.1. The van der Waals surface area contributed by atoms with E-state index < -0.39 is 0 Å². The van der Waals surface area contributed by atoms with Crippen molar-refractivity contribution < 1.29 is 0 Å². The van der Waals surface area contributed by atoms with Gasteiger partial charge in [-0.2, -0.15) is 0 Å². The van der Waals surface area contributed by atoms with Crippen LogP contribution in [0.4, 0.5) is 5.69 Å². The molecule has 88 valence electrons. The minimum atomic E-state index is 0.474. The van der Waals surface area contributed by atoms with E-state index in [1.54, 1.807) is 0 Å². The first-order valence-electron chi connectivity index (χ1n) is 5.67. The Morgan fingerprint density at radius 2 is 2.12 bits per heavy atom. The molecule has 3 heteroatoms. The third-order valence-corrected chi connectivity index (χ3v) is 2.90. The maximum absolute atomic E-state index is 5.75. The normalized spacial score (nSPS) is 10.2. The summed E-state index contributed by atoms with van der Waals surface area (Å²) in [6.45, 7) is 5.28. The SMILES string of the molecule is CCCCN(C)c1ccc(C)cc1C(N)=S. The van der Waals surface area contributed by atoms with Gasteiger partial charge in [0.1, 0.15) is 4.99 Å². The Morgan fingerprint density at radius 3 is 2.69 bits per heavy atom. The largest absolute Gasteiger partial charge is 0.389 e. The van der Waals surface area contributed by atoms with Gasteiger partial charge in [-0.25, -0.2) is 0 Å². The number of benzene rings is 1. The molecule has 0 aliphatic carbocycles. The van der Waals surface area contributed by atoms with Crippen LogP contribution in [-0.2, 0) is 0 Å². The van der Waals surface area contributed by atoms with Crippen LogP contribution in [0.1, 0.15) is 30.9 Å². The molecular formula is C13H20N2S. The van der Waals surface area contributed by atoms with E-state index in [-0.39, 0.29) is 0 Å². The van der Waals surface area contributed by atoms with Crippen molar-refractivity contribution in [3.8, 4) is 0 Å². The van der Waals surface area contributed by atoms with Gasteiger partial charge >= 0.3 is 0 Å². The van der Waals surface area contributed by atoms with E-state index >= 15 is 0 Å². The quantitative estimate of drug-likeness (QED) is 0.797. The fraction of sp³-hybridized carbons (Fsp3) is 0.462. The number of anilines is 1.